The summed E-state index contributed by atoms with van der Waals surface area (Å²) in [6, 6.07) is 29.8. The first-order valence-electron chi connectivity index (χ1n) is 12.6. The fourth-order valence-electron chi connectivity index (χ4n) is 3.84. The Balaban J connectivity index is 1.80. The van der Waals surface area contributed by atoms with Crippen LogP contribution in [0.2, 0.25) is 0 Å². The number of hydrogen-bond acceptors (Lipinski definition) is 5. The number of rotatable bonds is 9. The summed E-state index contributed by atoms with van der Waals surface area (Å²) in [5.74, 6) is -0.296. The molecule has 0 radical (unpaired) electrons. The summed E-state index contributed by atoms with van der Waals surface area (Å²) in [4.78, 5) is 27.3. The zero-order chi connectivity index (χ0) is 27.1. The van der Waals surface area contributed by atoms with Gasteiger partial charge in [0.1, 0.15) is 30.3 Å². The maximum absolute atomic E-state index is 13.8. The molecule has 0 aliphatic rings. The molecule has 5 heteroatoms. The number of carbonyl (C=O) groups is 2. The molecule has 0 saturated carbocycles. The molecule has 0 aliphatic heterocycles. The van der Waals surface area contributed by atoms with E-state index < -0.39 is 11.6 Å². The molecule has 0 N–H and O–H groups in total. The molecule has 0 unspecified atom stereocenters. The zero-order valence-electron chi connectivity index (χ0n) is 22.2. The molecule has 0 aromatic heterocycles. The topological polar surface area (TPSA) is 61.8 Å². The Morgan fingerprint density at radius 1 is 0.711 bits per heavy atom. The van der Waals surface area contributed by atoms with Crippen molar-refractivity contribution in [2.45, 2.75) is 46.5 Å². The van der Waals surface area contributed by atoms with Gasteiger partial charge in [0.05, 0.1) is 11.1 Å². The van der Waals surface area contributed by atoms with Crippen LogP contribution in [0.15, 0.2) is 97.1 Å². The van der Waals surface area contributed by atoms with Crippen LogP contribution in [-0.2, 0) is 18.0 Å². The summed E-state index contributed by atoms with van der Waals surface area (Å²) in [6.07, 6.45) is 0. The third-order valence-corrected chi connectivity index (χ3v) is 5.72. The molecule has 4 aromatic carbocycles. The first kappa shape index (κ1) is 26.7. The fourth-order valence-corrected chi connectivity index (χ4v) is 3.84. The standard InChI is InChI=1S/C33H32O5/c1-23-15-17-26(18-16-23)31(34)30-28(32(35)38-33(2,3)4)19-27(36-21-24-11-7-5-8-12-24)20-29(30)37-22-25-13-9-6-10-14-25/h5-20H,21-22H2,1-4H3. The lowest BCUT2D eigenvalue weighted by atomic mass is 9.96. The Bertz CT molecular complexity index is 1390. The monoisotopic (exact) mass is 508 g/mol. The van der Waals surface area contributed by atoms with Gasteiger partial charge in [-0.2, -0.15) is 0 Å². The smallest absolute Gasteiger partial charge is 0.339 e. The van der Waals surface area contributed by atoms with Crippen molar-refractivity contribution in [3.05, 3.63) is 130 Å². The predicted octanol–water partition coefficient (Wildman–Crippen LogP) is 7.34. The van der Waals surface area contributed by atoms with Gasteiger partial charge in [-0.1, -0.05) is 90.5 Å². The van der Waals surface area contributed by atoms with Gasteiger partial charge in [0.2, 0.25) is 0 Å². The minimum Gasteiger partial charge on any atom is -0.489 e. The van der Waals surface area contributed by atoms with Crippen LogP contribution in [-0.4, -0.2) is 17.4 Å². The maximum Gasteiger partial charge on any atom is 0.339 e. The summed E-state index contributed by atoms with van der Waals surface area (Å²) < 4.78 is 18.0. The largest absolute Gasteiger partial charge is 0.489 e. The molecule has 0 saturated heterocycles. The predicted molar refractivity (Wildman–Crippen MR) is 148 cm³/mol. The van der Waals surface area contributed by atoms with Crippen LogP contribution < -0.4 is 9.47 Å². The number of ketones is 1. The lowest BCUT2D eigenvalue weighted by molar-refractivity contribution is 0.00668. The molecule has 0 aliphatic carbocycles. The van der Waals surface area contributed by atoms with Crippen molar-refractivity contribution in [1.82, 2.24) is 0 Å². The van der Waals surface area contributed by atoms with E-state index >= 15 is 0 Å². The summed E-state index contributed by atoms with van der Waals surface area (Å²) >= 11 is 0. The molecule has 0 atom stereocenters. The van der Waals surface area contributed by atoms with Gasteiger partial charge in [0.25, 0.3) is 0 Å². The Morgan fingerprint density at radius 2 is 1.26 bits per heavy atom. The molecule has 0 spiro atoms. The van der Waals surface area contributed by atoms with E-state index in [0.717, 1.165) is 16.7 Å². The highest BCUT2D eigenvalue weighted by molar-refractivity contribution is 6.16. The number of aryl methyl sites for hydroxylation is 1. The van der Waals surface area contributed by atoms with Gasteiger partial charge in [-0.3, -0.25) is 4.79 Å². The zero-order valence-corrected chi connectivity index (χ0v) is 22.2. The van der Waals surface area contributed by atoms with Gasteiger partial charge in [0, 0.05) is 11.6 Å². The molecule has 0 amide bonds. The van der Waals surface area contributed by atoms with Crippen molar-refractivity contribution < 1.29 is 23.8 Å². The number of carbonyl (C=O) groups excluding carboxylic acids is 2. The molecule has 4 rings (SSSR count). The van der Waals surface area contributed by atoms with Crippen LogP contribution in [0, 0.1) is 6.92 Å². The van der Waals surface area contributed by atoms with E-state index in [4.69, 9.17) is 14.2 Å². The van der Waals surface area contributed by atoms with Crippen LogP contribution in [0.4, 0.5) is 0 Å². The summed E-state index contributed by atoms with van der Waals surface area (Å²) in [5, 5.41) is 0. The molecule has 5 nitrogen and oxygen atoms in total. The summed E-state index contributed by atoms with van der Waals surface area (Å²) in [7, 11) is 0. The SMILES string of the molecule is Cc1ccc(C(=O)c2c(OCc3ccccc3)cc(OCc3ccccc3)cc2C(=O)OC(C)(C)C)cc1. The van der Waals surface area contributed by atoms with Gasteiger partial charge >= 0.3 is 5.97 Å². The molecule has 38 heavy (non-hydrogen) atoms. The molecular formula is C33H32O5. The summed E-state index contributed by atoms with van der Waals surface area (Å²) in [5.41, 5.74) is 2.86. The minimum absolute atomic E-state index is 0.0964. The lowest BCUT2D eigenvalue weighted by Crippen LogP contribution is -2.25. The molecule has 0 heterocycles. The van der Waals surface area contributed by atoms with Crippen molar-refractivity contribution in [3.63, 3.8) is 0 Å². The highest BCUT2D eigenvalue weighted by Gasteiger charge is 2.28. The van der Waals surface area contributed by atoms with E-state index in [9.17, 15) is 9.59 Å². The molecule has 0 fully saturated rings. The third kappa shape index (κ3) is 7.10. The van der Waals surface area contributed by atoms with Crippen LogP contribution in [0.25, 0.3) is 0 Å². The third-order valence-electron chi connectivity index (χ3n) is 5.72. The number of ether oxygens (including phenoxy) is 3. The van der Waals surface area contributed by atoms with E-state index in [-0.39, 0.29) is 35.9 Å². The summed E-state index contributed by atoms with van der Waals surface area (Å²) in [6.45, 7) is 7.81. The number of hydrogen-bond donors (Lipinski definition) is 0. The van der Waals surface area contributed by atoms with Crippen LogP contribution >= 0.6 is 0 Å². The van der Waals surface area contributed by atoms with Gasteiger partial charge in [-0.25, -0.2) is 4.79 Å². The van der Waals surface area contributed by atoms with Crippen LogP contribution in [0.3, 0.4) is 0 Å². The quantitative estimate of drug-likeness (QED) is 0.175. The van der Waals surface area contributed by atoms with Gasteiger partial charge in [-0.05, 0) is 44.9 Å². The Labute approximate surface area is 224 Å². The first-order chi connectivity index (χ1) is 18.2. The van der Waals surface area contributed by atoms with Crippen LogP contribution in [0.1, 0.15) is 63.7 Å². The molecule has 4 aromatic rings. The van der Waals surface area contributed by atoms with E-state index in [0.29, 0.717) is 11.3 Å². The average molecular weight is 509 g/mol. The fraction of sp³-hybridized carbons (Fsp3) is 0.212. The van der Waals surface area contributed by atoms with E-state index in [1.165, 1.54) is 0 Å². The second kappa shape index (κ2) is 11.8. The van der Waals surface area contributed by atoms with E-state index in [1.54, 1.807) is 45.0 Å². The minimum atomic E-state index is -0.757. The Morgan fingerprint density at radius 3 is 1.82 bits per heavy atom. The Kier molecular flexibility index (Phi) is 8.27. The highest BCUT2D eigenvalue weighted by Crippen LogP contribution is 2.33. The normalized spacial score (nSPS) is 11.1. The van der Waals surface area contributed by atoms with E-state index in [1.807, 2.05) is 79.7 Å². The second-order valence-electron chi connectivity index (χ2n) is 10.1. The lowest BCUT2D eigenvalue weighted by Gasteiger charge is -2.22. The van der Waals surface area contributed by atoms with E-state index in [2.05, 4.69) is 0 Å². The Hall–Kier alpha value is -4.38. The highest BCUT2D eigenvalue weighted by atomic mass is 16.6. The van der Waals surface area contributed by atoms with Crippen LogP contribution in [0.5, 0.6) is 11.5 Å². The molecule has 194 valence electrons. The number of esters is 1. The van der Waals surface area contributed by atoms with Gasteiger partial charge in [0.15, 0.2) is 5.78 Å². The molecular weight excluding hydrogens is 476 g/mol. The molecule has 0 bridgehead atoms. The second-order valence-corrected chi connectivity index (χ2v) is 10.1. The van der Waals surface area contributed by atoms with Gasteiger partial charge < -0.3 is 14.2 Å². The van der Waals surface area contributed by atoms with Crippen molar-refractivity contribution in [2.75, 3.05) is 0 Å². The first-order valence-corrected chi connectivity index (χ1v) is 12.6. The van der Waals surface area contributed by atoms with Crippen molar-refractivity contribution in [3.8, 4) is 11.5 Å². The van der Waals surface area contributed by atoms with Crippen molar-refractivity contribution in [1.29, 1.82) is 0 Å². The van der Waals surface area contributed by atoms with Crippen molar-refractivity contribution in [2.24, 2.45) is 0 Å². The average Bonchev–Trinajstić information content (AvgIpc) is 2.90. The number of benzene rings is 4. The van der Waals surface area contributed by atoms with Crippen molar-refractivity contribution >= 4 is 11.8 Å². The maximum atomic E-state index is 13.8. The van der Waals surface area contributed by atoms with Gasteiger partial charge in [-0.15, -0.1) is 0 Å².